The molecule has 2 N–H and O–H groups in total. The van der Waals surface area contributed by atoms with Gasteiger partial charge in [-0.2, -0.15) is 0 Å². The number of amides is 1. The summed E-state index contributed by atoms with van der Waals surface area (Å²) < 4.78 is 5.55. The Kier molecular flexibility index (Phi) is 5.40. The molecule has 17 heavy (non-hydrogen) atoms. The fraction of sp³-hybridized carbons (Fsp3) is 0.923. The summed E-state index contributed by atoms with van der Waals surface area (Å²) in [6.45, 7) is 10.3. The fourth-order valence-electron chi connectivity index (χ4n) is 2.17. The number of carbonyl (C=O) groups is 1. The molecule has 2 unspecified atom stereocenters. The molecule has 0 bridgehead atoms. The number of ether oxygens (including phenoxy) is 1. The second-order valence-electron chi connectivity index (χ2n) is 5.55. The van der Waals surface area contributed by atoms with E-state index in [1.807, 2.05) is 20.8 Å². The highest BCUT2D eigenvalue weighted by atomic mass is 16.5. The maximum atomic E-state index is 12.0. The topological polar surface area (TPSA) is 50.4 Å². The van der Waals surface area contributed by atoms with Crippen LogP contribution < -0.4 is 10.6 Å². The van der Waals surface area contributed by atoms with Crippen molar-refractivity contribution in [2.24, 2.45) is 5.92 Å². The first-order valence-corrected chi connectivity index (χ1v) is 6.59. The van der Waals surface area contributed by atoms with Gasteiger partial charge in [0.05, 0.1) is 11.6 Å². The zero-order chi connectivity index (χ0) is 12.9. The monoisotopic (exact) mass is 242 g/mol. The van der Waals surface area contributed by atoms with Crippen molar-refractivity contribution >= 4 is 5.91 Å². The lowest BCUT2D eigenvalue weighted by atomic mass is 9.94. The van der Waals surface area contributed by atoms with E-state index in [1.165, 1.54) is 0 Å². The second kappa shape index (κ2) is 6.36. The van der Waals surface area contributed by atoms with Crippen LogP contribution in [0.3, 0.4) is 0 Å². The Morgan fingerprint density at radius 2 is 2.24 bits per heavy atom. The summed E-state index contributed by atoms with van der Waals surface area (Å²) in [7, 11) is 0. The standard InChI is InChI=1S/C13H26N2O2/c1-5-17-13(3,4)9-15-12(16)11-8-10(2)6-7-14-11/h10-11,14H,5-9H2,1-4H3,(H,15,16). The number of piperidine rings is 1. The summed E-state index contributed by atoms with van der Waals surface area (Å²) in [5.41, 5.74) is -0.287. The van der Waals surface area contributed by atoms with Crippen LogP contribution in [0.2, 0.25) is 0 Å². The number of carbonyl (C=O) groups excluding carboxylic acids is 1. The molecule has 1 aliphatic heterocycles. The van der Waals surface area contributed by atoms with E-state index in [4.69, 9.17) is 4.74 Å². The van der Waals surface area contributed by atoms with Crippen molar-refractivity contribution < 1.29 is 9.53 Å². The fourth-order valence-corrected chi connectivity index (χ4v) is 2.17. The van der Waals surface area contributed by atoms with Crippen molar-refractivity contribution in [2.75, 3.05) is 19.7 Å². The molecule has 4 nitrogen and oxygen atoms in total. The van der Waals surface area contributed by atoms with Crippen LogP contribution in [0.25, 0.3) is 0 Å². The molecule has 0 saturated carbocycles. The summed E-state index contributed by atoms with van der Waals surface area (Å²) in [6.07, 6.45) is 2.09. The van der Waals surface area contributed by atoms with E-state index < -0.39 is 0 Å². The third-order valence-corrected chi connectivity index (χ3v) is 3.21. The number of rotatable bonds is 5. The maximum Gasteiger partial charge on any atom is 0.237 e. The van der Waals surface area contributed by atoms with E-state index in [-0.39, 0.29) is 17.6 Å². The van der Waals surface area contributed by atoms with E-state index in [2.05, 4.69) is 17.6 Å². The molecule has 1 heterocycles. The summed E-state index contributed by atoms with van der Waals surface area (Å²) in [4.78, 5) is 12.0. The van der Waals surface area contributed by atoms with Crippen LogP contribution in [0, 0.1) is 5.92 Å². The van der Waals surface area contributed by atoms with Crippen molar-refractivity contribution in [1.29, 1.82) is 0 Å². The highest BCUT2D eigenvalue weighted by Crippen LogP contribution is 2.15. The van der Waals surface area contributed by atoms with E-state index in [1.54, 1.807) is 0 Å². The van der Waals surface area contributed by atoms with E-state index >= 15 is 0 Å². The molecule has 1 fully saturated rings. The molecule has 1 rings (SSSR count). The van der Waals surface area contributed by atoms with Crippen molar-refractivity contribution in [3.05, 3.63) is 0 Å². The van der Waals surface area contributed by atoms with Crippen molar-refractivity contribution in [2.45, 2.75) is 52.2 Å². The highest BCUT2D eigenvalue weighted by molar-refractivity contribution is 5.81. The molecule has 0 aromatic heterocycles. The first kappa shape index (κ1) is 14.5. The van der Waals surface area contributed by atoms with Gasteiger partial charge >= 0.3 is 0 Å². The highest BCUT2D eigenvalue weighted by Gasteiger charge is 2.26. The Hall–Kier alpha value is -0.610. The number of hydrogen-bond acceptors (Lipinski definition) is 3. The molecule has 100 valence electrons. The molecule has 0 radical (unpaired) electrons. The third-order valence-electron chi connectivity index (χ3n) is 3.21. The van der Waals surface area contributed by atoms with Gasteiger partial charge < -0.3 is 15.4 Å². The smallest absolute Gasteiger partial charge is 0.237 e. The van der Waals surface area contributed by atoms with E-state index in [0.717, 1.165) is 19.4 Å². The lowest BCUT2D eigenvalue weighted by molar-refractivity contribution is -0.125. The predicted molar refractivity (Wildman–Crippen MR) is 68.9 cm³/mol. The molecular formula is C13H26N2O2. The number of nitrogens with one attached hydrogen (secondary N) is 2. The van der Waals surface area contributed by atoms with Crippen LogP contribution in [0.1, 0.15) is 40.5 Å². The zero-order valence-electron chi connectivity index (χ0n) is 11.5. The Morgan fingerprint density at radius 1 is 1.53 bits per heavy atom. The van der Waals surface area contributed by atoms with Crippen molar-refractivity contribution in [3.63, 3.8) is 0 Å². The predicted octanol–water partition coefficient (Wildman–Crippen LogP) is 1.31. The average molecular weight is 242 g/mol. The van der Waals surface area contributed by atoms with Crippen LogP contribution in [-0.2, 0) is 9.53 Å². The van der Waals surface area contributed by atoms with Gasteiger partial charge in [0.1, 0.15) is 0 Å². The van der Waals surface area contributed by atoms with Crippen LogP contribution in [0.5, 0.6) is 0 Å². The summed E-state index contributed by atoms with van der Waals surface area (Å²) in [5, 5.41) is 6.24. The molecule has 0 aromatic carbocycles. The minimum Gasteiger partial charge on any atom is -0.374 e. The quantitative estimate of drug-likeness (QED) is 0.764. The van der Waals surface area contributed by atoms with Gasteiger partial charge in [-0.3, -0.25) is 4.79 Å². The summed E-state index contributed by atoms with van der Waals surface area (Å²) >= 11 is 0. The molecule has 0 spiro atoms. The molecule has 1 aliphatic rings. The lowest BCUT2D eigenvalue weighted by Gasteiger charge is -2.29. The zero-order valence-corrected chi connectivity index (χ0v) is 11.5. The molecule has 1 amide bonds. The Labute approximate surface area is 104 Å². The van der Waals surface area contributed by atoms with Gasteiger partial charge in [-0.1, -0.05) is 6.92 Å². The molecule has 1 saturated heterocycles. The number of hydrogen-bond donors (Lipinski definition) is 2. The van der Waals surface area contributed by atoms with Gasteiger partial charge in [0.25, 0.3) is 0 Å². The Bertz CT molecular complexity index is 254. The second-order valence-corrected chi connectivity index (χ2v) is 5.55. The minimum absolute atomic E-state index is 0.0313. The Balaban J connectivity index is 2.33. The Morgan fingerprint density at radius 3 is 2.82 bits per heavy atom. The van der Waals surface area contributed by atoms with Gasteiger partial charge in [0, 0.05) is 13.2 Å². The van der Waals surface area contributed by atoms with Crippen molar-refractivity contribution in [3.8, 4) is 0 Å². The van der Waals surface area contributed by atoms with Gasteiger partial charge in [0.2, 0.25) is 5.91 Å². The van der Waals surface area contributed by atoms with Crippen LogP contribution in [-0.4, -0.2) is 37.2 Å². The average Bonchev–Trinajstić information content (AvgIpc) is 2.26. The minimum atomic E-state index is -0.287. The molecule has 0 aliphatic carbocycles. The molecule has 0 aromatic rings. The SMILES string of the molecule is CCOC(C)(C)CNC(=O)C1CC(C)CCN1. The first-order chi connectivity index (χ1) is 7.94. The van der Waals surface area contributed by atoms with Gasteiger partial charge in [-0.05, 0) is 46.1 Å². The van der Waals surface area contributed by atoms with E-state index in [9.17, 15) is 4.79 Å². The van der Waals surface area contributed by atoms with Gasteiger partial charge in [0.15, 0.2) is 0 Å². The third kappa shape index (κ3) is 5.04. The lowest BCUT2D eigenvalue weighted by Crippen LogP contribution is -2.51. The normalized spacial score (nSPS) is 25.6. The van der Waals surface area contributed by atoms with Gasteiger partial charge in [-0.25, -0.2) is 0 Å². The molecule has 2 atom stereocenters. The molecule has 4 heteroatoms. The molecular weight excluding hydrogens is 216 g/mol. The largest absolute Gasteiger partial charge is 0.374 e. The first-order valence-electron chi connectivity index (χ1n) is 6.59. The van der Waals surface area contributed by atoms with E-state index in [0.29, 0.717) is 19.1 Å². The van der Waals surface area contributed by atoms with Crippen LogP contribution in [0.15, 0.2) is 0 Å². The summed E-state index contributed by atoms with van der Waals surface area (Å²) in [5.74, 6) is 0.733. The van der Waals surface area contributed by atoms with Gasteiger partial charge in [-0.15, -0.1) is 0 Å². The van der Waals surface area contributed by atoms with Crippen LogP contribution in [0.4, 0.5) is 0 Å². The van der Waals surface area contributed by atoms with Crippen LogP contribution >= 0.6 is 0 Å². The van der Waals surface area contributed by atoms with Crippen molar-refractivity contribution in [1.82, 2.24) is 10.6 Å². The summed E-state index contributed by atoms with van der Waals surface area (Å²) in [6, 6.07) is -0.0313. The maximum absolute atomic E-state index is 12.0.